The summed E-state index contributed by atoms with van der Waals surface area (Å²) in [6, 6.07) is 0. The summed E-state index contributed by atoms with van der Waals surface area (Å²) in [5, 5.41) is 0.230. The minimum absolute atomic E-state index is 0.230. The zero-order valence-corrected chi connectivity index (χ0v) is 13.2. The Morgan fingerprint density at radius 1 is 1.29 bits per heavy atom. The van der Waals surface area contributed by atoms with Gasteiger partial charge in [0.2, 0.25) is 0 Å². The van der Waals surface area contributed by atoms with Gasteiger partial charge in [0.05, 0.1) is 7.11 Å². The third-order valence-corrected chi connectivity index (χ3v) is 7.88. The number of ether oxygens (including phenoxy) is 1. The molecule has 0 aliphatic rings. The Hall–Kier alpha value is -0.613. The average Bonchev–Trinajstić information content (AvgIpc) is 2.21. The molecule has 0 radical (unpaired) electrons. The second-order valence-electron chi connectivity index (χ2n) is 5.78. The van der Waals surface area contributed by atoms with E-state index in [1.54, 1.807) is 6.92 Å². The van der Waals surface area contributed by atoms with E-state index in [2.05, 4.69) is 38.6 Å². The molecular formula is C13H26O3Si. The third kappa shape index (κ3) is 5.50. The van der Waals surface area contributed by atoms with E-state index in [0.29, 0.717) is 12.2 Å². The summed E-state index contributed by atoms with van der Waals surface area (Å²) in [5.41, 5.74) is 0.645. The molecule has 0 amide bonds. The van der Waals surface area contributed by atoms with Crippen LogP contribution in [-0.2, 0) is 14.0 Å². The molecule has 0 aromatic carbocycles. The smallest absolute Gasteiger partial charge is 0.333 e. The minimum Gasteiger partial charge on any atom is -0.466 e. The van der Waals surface area contributed by atoms with E-state index in [9.17, 15) is 4.79 Å². The van der Waals surface area contributed by atoms with Crippen LogP contribution in [0.4, 0.5) is 0 Å². The van der Waals surface area contributed by atoms with E-state index >= 15 is 0 Å². The summed E-state index contributed by atoms with van der Waals surface area (Å²) in [6.45, 7) is 13.5. The van der Waals surface area contributed by atoms with Crippen molar-refractivity contribution in [3.8, 4) is 0 Å². The van der Waals surface area contributed by atoms with Crippen LogP contribution in [0.3, 0.4) is 0 Å². The van der Waals surface area contributed by atoms with E-state index in [0.717, 1.165) is 6.42 Å². The van der Waals surface area contributed by atoms with Crippen molar-refractivity contribution < 1.29 is 14.0 Å². The van der Waals surface area contributed by atoms with Crippen molar-refractivity contribution in [1.82, 2.24) is 0 Å². The lowest BCUT2D eigenvalue weighted by Gasteiger charge is -2.36. The van der Waals surface area contributed by atoms with Crippen LogP contribution >= 0.6 is 0 Å². The van der Waals surface area contributed by atoms with Gasteiger partial charge in [0.1, 0.15) is 0 Å². The molecule has 0 N–H and O–H groups in total. The van der Waals surface area contributed by atoms with Gasteiger partial charge in [0.15, 0.2) is 8.32 Å². The summed E-state index contributed by atoms with van der Waals surface area (Å²) in [6.07, 6.45) is 2.63. The van der Waals surface area contributed by atoms with Crippen LogP contribution in [0.15, 0.2) is 11.6 Å². The predicted molar refractivity (Wildman–Crippen MR) is 73.5 cm³/mol. The number of hydrogen-bond acceptors (Lipinski definition) is 3. The van der Waals surface area contributed by atoms with Crippen molar-refractivity contribution in [1.29, 1.82) is 0 Å². The number of methoxy groups -OCH3 is 1. The van der Waals surface area contributed by atoms with Crippen LogP contribution in [-0.4, -0.2) is 28.0 Å². The van der Waals surface area contributed by atoms with Crippen molar-refractivity contribution in [2.45, 2.75) is 52.2 Å². The summed E-state index contributed by atoms with van der Waals surface area (Å²) in [5.74, 6) is -0.266. The van der Waals surface area contributed by atoms with Crippen LogP contribution < -0.4 is 0 Å². The molecule has 0 heterocycles. The Bertz CT molecular complexity index is 288. The highest BCUT2D eigenvalue weighted by Gasteiger charge is 2.36. The summed E-state index contributed by atoms with van der Waals surface area (Å²) >= 11 is 0. The van der Waals surface area contributed by atoms with Gasteiger partial charge in [-0.25, -0.2) is 4.79 Å². The van der Waals surface area contributed by atoms with E-state index in [1.165, 1.54) is 7.11 Å². The Kier molecular flexibility index (Phi) is 6.13. The van der Waals surface area contributed by atoms with E-state index in [4.69, 9.17) is 4.43 Å². The molecule has 0 saturated carbocycles. The lowest BCUT2D eigenvalue weighted by atomic mass is 10.2. The first-order valence-corrected chi connectivity index (χ1v) is 8.91. The maximum absolute atomic E-state index is 11.1. The van der Waals surface area contributed by atoms with Crippen molar-refractivity contribution in [3.05, 3.63) is 11.6 Å². The minimum atomic E-state index is -1.66. The molecule has 0 atom stereocenters. The molecule has 0 bridgehead atoms. The van der Waals surface area contributed by atoms with Gasteiger partial charge in [-0.15, -0.1) is 0 Å². The first-order valence-electron chi connectivity index (χ1n) is 6.01. The molecule has 4 heteroatoms. The normalized spacial score (nSPS) is 13.7. The molecule has 0 rings (SSSR count). The van der Waals surface area contributed by atoms with Crippen LogP contribution in [0.5, 0.6) is 0 Å². The quantitative estimate of drug-likeness (QED) is 0.327. The van der Waals surface area contributed by atoms with Crippen molar-refractivity contribution in [2.75, 3.05) is 13.7 Å². The lowest BCUT2D eigenvalue weighted by molar-refractivity contribution is -0.136. The summed E-state index contributed by atoms with van der Waals surface area (Å²) in [7, 11) is -0.263. The van der Waals surface area contributed by atoms with Gasteiger partial charge in [-0.1, -0.05) is 26.8 Å². The SMILES string of the molecule is COC(=O)/C(C)=C/CCO[Si](C)(C)C(C)(C)C. The molecule has 0 saturated heterocycles. The van der Waals surface area contributed by atoms with Crippen molar-refractivity contribution >= 4 is 14.3 Å². The fourth-order valence-corrected chi connectivity index (χ4v) is 2.11. The molecule has 0 aromatic heterocycles. The molecule has 0 aromatic rings. The molecule has 17 heavy (non-hydrogen) atoms. The zero-order chi connectivity index (χ0) is 13.7. The Balaban J connectivity index is 4.14. The highest BCUT2D eigenvalue weighted by atomic mass is 28.4. The van der Waals surface area contributed by atoms with Crippen LogP contribution in [0.2, 0.25) is 18.1 Å². The van der Waals surface area contributed by atoms with Gasteiger partial charge in [-0.2, -0.15) is 0 Å². The van der Waals surface area contributed by atoms with Crippen molar-refractivity contribution in [2.24, 2.45) is 0 Å². The second kappa shape index (κ2) is 6.35. The van der Waals surface area contributed by atoms with Crippen LogP contribution in [0.1, 0.15) is 34.1 Å². The van der Waals surface area contributed by atoms with Gasteiger partial charge >= 0.3 is 5.97 Å². The lowest BCUT2D eigenvalue weighted by Crippen LogP contribution is -2.40. The van der Waals surface area contributed by atoms with Crippen molar-refractivity contribution in [3.63, 3.8) is 0 Å². The molecule has 0 aliphatic carbocycles. The van der Waals surface area contributed by atoms with Gasteiger partial charge in [-0.05, 0) is 31.5 Å². The highest BCUT2D eigenvalue weighted by Crippen LogP contribution is 2.36. The fourth-order valence-electron chi connectivity index (χ4n) is 1.05. The molecule has 0 fully saturated rings. The maximum atomic E-state index is 11.1. The van der Waals surface area contributed by atoms with Crippen LogP contribution in [0, 0.1) is 0 Å². The largest absolute Gasteiger partial charge is 0.466 e. The molecular weight excluding hydrogens is 232 g/mol. The van der Waals surface area contributed by atoms with Gasteiger partial charge in [0.25, 0.3) is 0 Å². The highest BCUT2D eigenvalue weighted by molar-refractivity contribution is 6.74. The Morgan fingerprint density at radius 2 is 1.82 bits per heavy atom. The zero-order valence-electron chi connectivity index (χ0n) is 12.2. The fraction of sp³-hybridized carbons (Fsp3) is 0.769. The van der Waals surface area contributed by atoms with Gasteiger partial charge < -0.3 is 9.16 Å². The molecule has 0 unspecified atom stereocenters. The van der Waals surface area contributed by atoms with E-state index in [-0.39, 0.29) is 11.0 Å². The number of carbonyl (C=O) groups is 1. The standard InChI is InChI=1S/C13H26O3Si/c1-11(12(14)15-5)9-8-10-16-17(6,7)13(2,3)4/h9H,8,10H2,1-7H3/b11-9+. The third-order valence-electron chi connectivity index (χ3n) is 3.34. The summed E-state index contributed by atoms with van der Waals surface area (Å²) < 4.78 is 10.6. The molecule has 0 aliphatic heterocycles. The number of carbonyl (C=O) groups excluding carboxylic acids is 1. The molecule has 100 valence electrons. The number of esters is 1. The molecule has 0 spiro atoms. The Morgan fingerprint density at radius 3 is 2.24 bits per heavy atom. The van der Waals surface area contributed by atoms with Crippen LogP contribution in [0.25, 0.3) is 0 Å². The monoisotopic (exact) mass is 258 g/mol. The average molecular weight is 258 g/mol. The topological polar surface area (TPSA) is 35.5 Å². The first kappa shape index (κ1) is 16.4. The second-order valence-corrected chi connectivity index (χ2v) is 10.6. The summed E-state index contributed by atoms with van der Waals surface area (Å²) in [4.78, 5) is 11.1. The predicted octanol–water partition coefficient (Wildman–Crippen LogP) is 3.52. The number of rotatable bonds is 5. The molecule has 3 nitrogen and oxygen atoms in total. The first-order chi connectivity index (χ1) is 7.62. The van der Waals surface area contributed by atoms with Gasteiger partial charge in [-0.3, -0.25) is 0 Å². The van der Waals surface area contributed by atoms with E-state index in [1.807, 2.05) is 6.08 Å². The van der Waals surface area contributed by atoms with Gasteiger partial charge in [0, 0.05) is 12.2 Å². The number of hydrogen-bond donors (Lipinski definition) is 0. The maximum Gasteiger partial charge on any atom is 0.333 e. The van der Waals surface area contributed by atoms with E-state index < -0.39 is 8.32 Å². The Labute approximate surface area is 106 Å².